The van der Waals surface area contributed by atoms with Gasteiger partial charge in [0.2, 0.25) is 0 Å². The lowest BCUT2D eigenvalue weighted by Gasteiger charge is -2.05. The Morgan fingerprint density at radius 2 is 1.80 bits per heavy atom. The van der Waals surface area contributed by atoms with Gasteiger partial charge in [-0.05, 0) is 24.1 Å². The molecule has 15 heavy (non-hydrogen) atoms. The zero-order valence-corrected chi connectivity index (χ0v) is 9.10. The van der Waals surface area contributed by atoms with Crippen molar-refractivity contribution in [3.05, 3.63) is 29.8 Å². The molecule has 0 fully saturated rings. The van der Waals surface area contributed by atoms with Gasteiger partial charge in [0.1, 0.15) is 6.04 Å². The fraction of sp³-hybridized carbons (Fsp3) is 0.364. The van der Waals surface area contributed by atoms with E-state index in [-0.39, 0.29) is 0 Å². The quantitative estimate of drug-likeness (QED) is 0.655. The van der Waals surface area contributed by atoms with Gasteiger partial charge >= 0.3 is 5.97 Å². The zero-order chi connectivity index (χ0) is 11.8. The van der Waals surface area contributed by atoms with Gasteiger partial charge in [-0.15, -0.1) is 0 Å². The van der Waals surface area contributed by atoms with Crippen molar-refractivity contribution in [1.29, 1.82) is 0 Å². The van der Waals surface area contributed by atoms with E-state index in [2.05, 4.69) is 0 Å². The van der Waals surface area contributed by atoms with Crippen LogP contribution in [0.3, 0.4) is 0 Å². The second-order valence-electron chi connectivity index (χ2n) is 2.89. The standard InChI is InChI=1S/C9H12N2O2.C2H6/c10-7-3-1-6(2-4-7)5-8(11)9(12)13;1-2/h1-4,8H,5,10-11H2,(H,12,13);1-2H3. The summed E-state index contributed by atoms with van der Waals surface area (Å²) in [7, 11) is 0. The molecule has 1 unspecified atom stereocenters. The van der Waals surface area contributed by atoms with E-state index in [4.69, 9.17) is 16.6 Å². The van der Waals surface area contributed by atoms with Gasteiger partial charge in [-0.25, -0.2) is 0 Å². The molecule has 0 saturated carbocycles. The maximum atomic E-state index is 10.4. The van der Waals surface area contributed by atoms with Crippen LogP contribution >= 0.6 is 0 Å². The number of nitrogen functional groups attached to an aromatic ring is 1. The highest BCUT2D eigenvalue weighted by molar-refractivity contribution is 5.73. The van der Waals surface area contributed by atoms with Gasteiger partial charge in [0, 0.05) is 5.69 Å². The Morgan fingerprint density at radius 3 is 2.20 bits per heavy atom. The van der Waals surface area contributed by atoms with Crippen LogP contribution in [0.15, 0.2) is 24.3 Å². The molecular weight excluding hydrogens is 192 g/mol. The van der Waals surface area contributed by atoms with Crippen molar-refractivity contribution in [2.24, 2.45) is 5.73 Å². The topological polar surface area (TPSA) is 89.3 Å². The summed E-state index contributed by atoms with van der Waals surface area (Å²) in [6, 6.07) is 6.16. The molecule has 0 aliphatic rings. The third-order valence-electron chi connectivity index (χ3n) is 1.75. The van der Waals surface area contributed by atoms with Crippen molar-refractivity contribution in [1.82, 2.24) is 0 Å². The SMILES string of the molecule is CC.Nc1ccc(CC(N)C(=O)O)cc1. The molecule has 4 nitrogen and oxygen atoms in total. The molecule has 1 atom stereocenters. The molecule has 0 amide bonds. The van der Waals surface area contributed by atoms with E-state index >= 15 is 0 Å². The van der Waals surface area contributed by atoms with E-state index in [1.807, 2.05) is 13.8 Å². The summed E-state index contributed by atoms with van der Waals surface area (Å²) in [5.74, 6) is -0.989. The first-order valence-electron chi connectivity index (χ1n) is 4.92. The average Bonchev–Trinajstić information content (AvgIpc) is 2.24. The highest BCUT2D eigenvalue weighted by atomic mass is 16.4. The van der Waals surface area contributed by atoms with Crippen LogP contribution in [0.2, 0.25) is 0 Å². The number of benzene rings is 1. The van der Waals surface area contributed by atoms with Crippen molar-refractivity contribution in [3.63, 3.8) is 0 Å². The van der Waals surface area contributed by atoms with Gasteiger partial charge in [0.15, 0.2) is 0 Å². The summed E-state index contributed by atoms with van der Waals surface area (Å²) < 4.78 is 0. The first kappa shape index (κ1) is 13.4. The van der Waals surface area contributed by atoms with Crippen molar-refractivity contribution in [2.75, 3.05) is 5.73 Å². The summed E-state index contributed by atoms with van der Waals surface area (Å²) in [6.07, 6.45) is 0.329. The highest BCUT2D eigenvalue weighted by Gasteiger charge is 2.11. The van der Waals surface area contributed by atoms with Gasteiger partial charge in [0.25, 0.3) is 0 Å². The van der Waals surface area contributed by atoms with Gasteiger partial charge in [-0.2, -0.15) is 0 Å². The fourth-order valence-electron chi connectivity index (χ4n) is 0.995. The summed E-state index contributed by atoms with van der Waals surface area (Å²) in [6.45, 7) is 4.00. The number of carbonyl (C=O) groups is 1. The highest BCUT2D eigenvalue weighted by Crippen LogP contribution is 2.07. The summed E-state index contributed by atoms with van der Waals surface area (Å²) in [4.78, 5) is 10.4. The van der Waals surface area contributed by atoms with Crippen LogP contribution in [-0.4, -0.2) is 17.1 Å². The molecule has 1 rings (SSSR count). The molecule has 84 valence electrons. The number of carboxylic acids is 1. The monoisotopic (exact) mass is 210 g/mol. The number of carboxylic acid groups (broad SMARTS) is 1. The molecule has 0 spiro atoms. The van der Waals surface area contributed by atoms with E-state index in [1.54, 1.807) is 24.3 Å². The van der Waals surface area contributed by atoms with Crippen LogP contribution in [-0.2, 0) is 11.2 Å². The number of anilines is 1. The molecule has 0 aromatic heterocycles. The number of hydrogen-bond donors (Lipinski definition) is 3. The van der Waals surface area contributed by atoms with Gasteiger partial charge in [-0.3, -0.25) is 4.79 Å². The third kappa shape index (κ3) is 5.02. The molecule has 5 N–H and O–H groups in total. The summed E-state index contributed by atoms with van der Waals surface area (Å²) in [5, 5.41) is 8.55. The molecule has 1 aromatic carbocycles. The lowest BCUT2D eigenvalue weighted by Crippen LogP contribution is -2.32. The number of rotatable bonds is 3. The first-order chi connectivity index (χ1) is 7.09. The van der Waals surface area contributed by atoms with Crippen LogP contribution in [0.4, 0.5) is 5.69 Å². The minimum Gasteiger partial charge on any atom is -0.480 e. The zero-order valence-electron chi connectivity index (χ0n) is 9.10. The first-order valence-corrected chi connectivity index (χ1v) is 4.92. The Hall–Kier alpha value is -1.55. The van der Waals surface area contributed by atoms with Gasteiger partial charge < -0.3 is 16.6 Å². The lowest BCUT2D eigenvalue weighted by molar-refractivity contribution is -0.138. The number of hydrogen-bond acceptors (Lipinski definition) is 3. The Kier molecular flexibility index (Phi) is 6.13. The predicted molar refractivity (Wildman–Crippen MR) is 61.5 cm³/mol. The van der Waals surface area contributed by atoms with E-state index in [9.17, 15) is 4.79 Å². The number of aliphatic carboxylic acids is 1. The Morgan fingerprint density at radius 1 is 1.33 bits per heavy atom. The molecule has 0 radical (unpaired) electrons. The molecular formula is C11H18N2O2. The maximum Gasteiger partial charge on any atom is 0.320 e. The van der Waals surface area contributed by atoms with E-state index in [0.717, 1.165) is 5.56 Å². The van der Waals surface area contributed by atoms with Crippen LogP contribution in [0.5, 0.6) is 0 Å². The van der Waals surface area contributed by atoms with Crippen LogP contribution in [0.1, 0.15) is 19.4 Å². The largest absolute Gasteiger partial charge is 0.480 e. The van der Waals surface area contributed by atoms with Gasteiger partial charge in [-0.1, -0.05) is 26.0 Å². The average molecular weight is 210 g/mol. The Balaban J connectivity index is 0.000000921. The minimum atomic E-state index is -0.989. The minimum absolute atomic E-state index is 0.329. The lowest BCUT2D eigenvalue weighted by atomic mass is 10.1. The number of nitrogens with two attached hydrogens (primary N) is 2. The van der Waals surface area contributed by atoms with Crippen molar-refractivity contribution in [3.8, 4) is 0 Å². The maximum absolute atomic E-state index is 10.4. The van der Waals surface area contributed by atoms with E-state index in [0.29, 0.717) is 12.1 Å². The van der Waals surface area contributed by atoms with Crippen LogP contribution in [0.25, 0.3) is 0 Å². The molecule has 0 heterocycles. The fourth-order valence-corrected chi connectivity index (χ4v) is 0.995. The smallest absolute Gasteiger partial charge is 0.320 e. The van der Waals surface area contributed by atoms with Crippen molar-refractivity contribution >= 4 is 11.7 Å². The van der Waals surface area contributed by atoms with Crippen molar-refractivity contribution in [2.45, 2.75) is 26.3 Å². The molecule has 1 aromatic rings. The van der Waals surface area contributed by atoms with Crippen LogP contribution < -0.4 is 11.5 Å². The summed E-state index contributed by atoms with van der Waals surface area (Å²) in [5.41, 5.74) is 12.4. The van der Waals surface area contributed by atoms with Crippen LogP contribution in [0, 0.1) is 0 Å². The molecule has 0 saturated heterocycles. The van der Waals surface area contributed by atoms with Gasteiger partial charge in [0.05, 0.1) is 0 Å². The molecule has 0 aliphatic carbocycles. The van der Waals surface area contributed by atoms with Crippen molar-refractivity contribution < 1.29 is 9.90 Å². The Labute approximate surface area is 89.9 Å². The Bertz CT molecular complexity index is 296. The molecule has 4 heteroatoms. The molecule has 0 aliphatic heterocycles. The predicted octanol–water partition coefficient (Wildman–Crippen LogP) is 1.25. The second-order valence-corrected chi connectivity index (χ2v) is 2.89. The van der Waals surface area contributed by atoms with E-state index < -0.39 is 12.0 Å². The molecule has 0 bridgehead atoms. The second kappa shape index (κ2) is 6.84. The normalized spacial score (nSPS) is 11.1. The summed E-state index contributed by atoms with van der Waals surface area (Å²) >= 11 is 0. The third-order valence-corrected chi connectivity index (χ3v) is 1.75. The van der Waals surface area contributed by atoms with E-state index in [1.165, 1.54) is 0 Å².